The number of aliphatic hydroxyl groups excluding tert-OH is 1. The molecule has 5 nitrogen and oxygen atoms in total. The highest BCUT2D eigenvalue weighted by Gasteiger charge is 2.09. The molecule has 0 aliphatic carbocycles. The summed E-state index contributed by atoms with van der Waals surface area (Å²) < 4.78 is 4.85. The van der Waals surface area contributed by atoms with Crippen molar-refractivity contribution in [1.29, 1.82) is 0 Å². The zero-order valence-corrected chi connectivity index (χ0v) is 10.3. The second-order valence-corrected chi connectivity index (χ2v) is 3.78. The van der Waals surface area contributed by atoms with E-state index in [9.17, 15) is 9.59 Å². The maximum Gasteiger partial charge on any atom is 0.338 e. The molecule has 98 valence electrons. The molecular weight excluding hydrogens is 234 g/mol. The van der Waals surface area contributed by atoms with Crippen molar-refractivity contribution >= 4 is 11.9 Å². The van der Waals surface area contributed by atoms with E-state index in [1.807, 2.05) is 6.92 Å². The Bertz CT molecular complexity index is 400. The molecule has 0 aliphatic heterocycles. The Balaban J connectivity index is 2.42. The van der Waals surface area contributed by atoms with Gasteiger partial charge in [0.2, 0.25) is 0 Å². The SMILES string of the molecule is CCCNC(=O)COC(=O)c1ccc(CO)cc1. The minimum absolute atomic E-state index is 0.0747. The Morgan fingerprint density at radius 1 is 1.28 bits per heavy atom. The first-order valence-corrected chi connectivity index (χ1v) is 5.81. The summed E-state index contributed by atoms with van der Waals surface area (Å²) in [5, 5.41) is 11.5. The second kappa shape index (κ2) is 7.45. The number of carbonyl (C=O) groups excluding carboxylic acids is 2. The first kappa shape index (κ1) is 14.2. The third-order valence-electron chi connectivity index (χ3n) is 2.28. The number of amides is 1. The maximum absolute atomic E-state index is 11.6. The number of esters is 1. The fourth-order valence-electron chi connectivity index (χ4n) is 1.28. The number of benzene rings is 1. The molecule has 1 amide bonds. The monoisotopic (exact) mass is 251 g/mol. The van der Waals surface area contributed by atoms with Crippen molar-refractivity contribution in [2.24, 2.45) is 0 Å². The van der Waals surface area contributed by atoms with E-state index in [0.29, 0.717) is 17.7 Å². The predicted molar refractivity (Wildman–Crippen MR) is 65.9 cm³/mol. The quantitative estimate of drug-likeness (QED) is 0.735. The number of hydrogen-bond donors (Lipinski definition) is 2. The number of rotatable bonds is 6. The number of hydrogen-bond acceptors (Lipinski definition) is 4. The summed E-state index contributed by atoms with van der Waals surface area (Å²) in [7, 11) is 0. The lowest BCUT2D eigenvalue weighted by molar-refractivity contribution is -0.124. The Hall–Kier alpha value is -1.88. The van der Waals surface area contributed by atoms with Gasteiger partial charge in [0.15, 0.2) is 6.61 Å². The Morgan fingerprint density at radius 3 is 2.50 bits per heavy atom. The minimum Gasteiger partial charge on any atom is -0.452 e. The molecule has 0 atom stereocenters. The Labute approximate surface area is 106 Å². The molecule has 0 aliphatic rings. The summed E-state index contributed by atoms with van der Waals surface area (Å²) in [4.78, 5) is 22.8. The van der Waals surface area contributed by atoms with E-state index < -0.39 is 5.97 Å². The largest absolute Gasteiger partial charge is 0.452 e. The molecule has 0 bridgehead atoms. The number of nitrogens with one attached hydrogen (secondary N) is 1. The van der Waals surface area contributed by atoms with Gasteiger partial charge in [-0.25, -0.2) is 4.79 Å². The molecule has 18 heavy (non-hydrogen) atoms. The van der Waals surface area contributed by atoms with E-state index in [2.05, 4.69) is 5.32 Å². The summed E-state index contributed by atoms with van der Waals surface area (Å²) in [5.41, 5.74) is 1.07. The summed E-state index contributed by atoms with van der Waals surface area (Å²) in [6.07, 6.45) is 0.836. The van der Waals surface area contributed by atoms with Gasteiger partial charge in [0.1, 0.15) is 0 Å². The highest BCUT2D eigenvalue weighted by Crippen LogP contribution is 2.05. The van der Waals surface area contributed by atoms with Gasteiger partial charge < -0.3 is 15.2 Å². The van der Waals surface area contributed by atoms with E-state index >= 15 is 0 Å². The van der Waals surface area contributed by atoms with Crippen LogP contribution in [0.25, 0.3) is 0 Å². The normalized spacial score (nSPS) is 9.89. The molecule has 1 aromatic carbocycles. The van der Waals surface area contributed by atoms with Crippen molar-refractivity contribution in [1.82, 2.24) is 5.32 Å². The maximum atomic E-state index is 11.6. The van der Waals surface area contributed by atoms with E-state index in [-0.39, 0.29) is 19.1 Å². The van der Waals surface area contributed by atoms with Gasteiger partial charge in [-0.15, -0.1) is 0 Å². The third-order valence-corrected chi connectivity index (χ3v) is 2.28. The summed E-state index contributed by atoms with van der Waals surface area (Å²) >= 11 is 0. The molecule has 0 saturated heterocycles. The molecular formula is C13H17NO4. The number of ether oxygens (including phenoxy) is 1. The van der Waals surface area contributed by atoms with Crippen LogP contribution in [0.15, 0.2) is 24.3 Å². The van der Waals surface area contributed by atoms with E-state index in [1.165, 1.54) is 0 Å². The summed E-state index contributed by atoms with van der Waals surface area (Å²) in [5.74, 6) is -0.858. The molecule has 0 saturated carbocycles. The van der Waals surface area contributed by atoms with Crippen LogP contribution in [0.1, 0.15) is 29.3 Å². The van der Waals surface area contributed by atoms with Crippen LogP contribution in [0.2, 0.25) is 0 Å². The van der Waals surface area contributed by atoms with Crippen LogP contribution in [0, 0.1) is 0 Å². The van der Waals surface area contributed by atoms with Crippen molar-refractivity contribution < 1.29 is 19.4 Å². The van der Waals surface area contributed by atoms with Crippen LogP contribution >= 0.6 is 0 Å². The summed E-state index contributed by atoms with van der Waals surface area (Å²) in [6.45, 7) is 2.16. The van der Waals surface area contributed by atoms with Crippen molar-refractivity contribution in [2.45, 2.75) is 20.0 Å². The van der Waals surface area contributed by atoms with Gasteiger partial charge in [-0.05, 0) is 24.1 Å². The molecule has 0 aromatic heterocycles. The van der Waals surface area contributed by atoms with Gasteiger partial charge in [0.25, 0.3) is 5.91 Å². The van der Waals surface area contributed by atoms with Crippen LogP contribution in [-0.2, 0) is 16.1 Å². The molecule has 2 N–H and O–H groups in total. The second-order valence-electron chi connectivity index (χ2n) is 3.78. The Kier molecular flexibility index (Phi) is 5.87. The van der Waals surface area contributed by atoms with Crippen LogP contribution in [0.3, 0.4) is 0 Å². The molecule has 1 rings (SSSR count). The standard InChI is InChI=1S/C13H17NO4/c1-2-7-14-12(16)9-18-13(17)11-5-3-10(8-15)4-6-11/h3-6,15H,2,7-9H2,1H3,(H,14,16). The van der Waals surface area contributed by atoms with E-state index in [0.717, 1.165) is 6.42 Å². The van der Waals surface area contributed by atoms with Gasteiger partial charge >= 0.3 is 5.97 Å². The first-order chi connectivity index (χ1) is 8.67. The van der Waals surface area contributed by atoms with Crippen LogP contribution < -0.4 is 5.32 Å². The molecule has 0 heterocycles. The minimum atomic E-state index is -0.550. The number of aliphatic hydroxyl groups is 1. The first-order valence-electron chi connectivity index (χ1n) is 5.81. The zero-order chi connectivity index (χ0) is 13.4. The topological polar surface area (TPSA) is 75.6 Å². The Morgan fingerprint density at radius 2 is 1.94 bits per heavy atom. The van der Waals surface area contributed by atoms with Gasteiger partial charge in [-0.2, -0.15) is 0 Å². The lowest BCUT2D eigenvalue weighted by Crippen LogP contribution is -2.29. The van der Waals surface area contributed by atoms with Crippen LogP contribution in [0.5, 0.6) is 0 Å². The van der Waals surface area contributed by atoms with E-state index in [1.54, 1.807) is 24.3 Å². The lowest BCUT2D eigenvalue weighted by Gasteiger charge is -2.06. The smallest absolute Gasteiger partial charge is 0.338 e. The van der Waals surface area contributed by atoms with Crippen molar-refractivity contribution in [2.75, 3.05) is 13.2 Å². The molecule has 5 heteroatoms. The fourth-order valence-corrected chi connectivity index (χ4v) is 1.28. The van der Waals surface area contributed by atoms with Gasteiger partial charge in [-0.1, -0.05) is 19.1 Å². The third kappa shape index (κ3) is 4.55. The van der Waals surface area contributed by atoms with Crippen molar-refractivity contribution in [3.63, 3.8) is 0 Å². The van der Waals surface area contributed by atoms with Crippen molar-refractivity contribution in [3.05, 3.63) is 35.4 Å². The van der Waals surface area contributed by atoms with Gasteiger partial charge in [0, 0.05) is 6.54 Å². The van der Waals surface area contributed by atoms with Gasteiger partial charge in [-0.3, -0.25) is 4.79 Å². The van der Waals surface area contributed by atoms with E-state index in [4.69, 9.17) is 9.84 Å². The highest BCUT2D eigenvalue weighted by atomic mass is 16.5. The predicted octanol–water partition coefficient (Wildman–Crippen LogP) is 0.862. The number of carbonyl (C=O) groups is 2. The van der Waals surface area contributed by atoms with Crippen LogP contribution in [-0.4, -0.2) is 30.1 Å². The van der Waals surface area contributed by atoms with Crippen LogP contribution in [0.4, 0.5) is 0 Å². The fraction of sp³-hybridized carbons (Fsp3) is 0.385. The van der Waals surface area contributed by atoms with Crippen molar-refractivity contribution in [3.8, 4) is 0 Å². The zero-order valence-electron chi connectivity index (χ0n) is 10.3. The van der Waals surface area contributed by atoms with Gasteiger partial charge in [0.05, 0.1) is 12.2 Å². The molecule has 0 radical (unpaired) electrons. The lowest BCUT2D eigenvalue weighted by atomic mass is 10.1. The molecule has 0 unspecified atom stereocenters. The molecule has 1 aromatic rings. The molecule has 0 spiro atoms. The average Bonchev–Trinajstić information content (AvgIpc) is 2.42. The average molecular weight is 251 g/mol. The highest BCUT2D eigenvalue weighted by molar-refractivity contribution is 5.91. The summed E-state index contributed by atoms with van der Waals surface area (Å²) in [6, 6.07) is 6.37. The molecule has 0 fully saturated rings.